The summed E-state index contributed by atoms with van der Waals surface area (Å²) < 4.78 is -0.846. The molecule has 0 aromatic heterocycles. The van der Waals surface area contributed by atoms with Gasteiger partial charge in [0.2, 0.25) is 0 Å². The van der Waals surface area contributed by atoms with Crippen LogP contribution in [0.4, 0.5) is 0 Å². The van der Waals surface area contributed by atoms with Crippen LogP contribution in [0.25, 0.3) is 0 Å². The molecule has 0 saturated heterocycles. The summed E-state index contributed by atoms with van der Waals surface area (Å²) in [5, 5.41) is 0. The van der Waals surface area contributed by atoms with Crippen LogP contribution in [0.3, 0.4) is 0 Å². The minimum atomic E-state index is -0.846. The summed E-state index contributed by atoms with van der Waals surface area (Å²) in [7, 11) is 0. The number of rotatable bonds is 2. The van der Waals surface area contributed by atoms with Gasteiger partial charge < -0.3 is 0 Å². The molecule has 0 nitrogen and oxygen atoms in total. The Kier molecular flexibility index (Phi) is 3.03. The molecule has 0 atom stereocenters. The summed E-state index contributed by atoms with van der Waals surface area (Å²) >= 11 is 12.2. The van der Waals surface area contributed by atoms with Gasteiger partial charge in [-0.3, -0.25) is 0 Å². The maximum absolute atomic E-state index is 6.12. The zero-order chi connectivity index (χ0) is 9.19. The smallest absolute Gasteiger partial charge is 0.0957 e. The van der Waals surface area contributed by atoms with Gasteiger partial charge in [-0.15, -0.1) is 0 Å². The Morgan fingerprint density at radius 1 is 1.08 bits per heavy atom. The van der Waals surface area contributed by atoms with Crippen LogP contribution in [0.2, 0.25) is 0 Å². The monoisotopic (exact) mass is 201 g/mol. The molecule has 65 valence electrons. The van der Waals surface area contributed by atoms with Gasteiger partial charge in [0.25, 0.3) is 0 Å². The van der Waals surface area contributed by atoms with Gasteiger partial charge in [-0.25, -0.2) is 0 Å². The first-order valence-electron chi connectivity index (χ1n) is 3.79. The van der Waals surface area contributed by atoms with E-state index in [1.807, 2.05) is 44.2 Å². The molecule has 0 aliphatic carbocycles. The summed E-state index contributed by atoms with van der Waals surface area (Å²) in [6.45, 7) is 3.85. The maximum Gasteiger partial charge on any atom is 0.148 e. The molecule has 0 heterocycles. The molecule has 1 aromatic rings. The molecule has 0 amide bonds. The zero-order valence-corrected chi connectivity index (χ0v) is 8.65. The van der Waals surface area contributed by atoms with Crippen LogP contribution in [0.5, 0.6) is 0 Å². The van der Waals surface area contributed by atoms with Crippen molar-refractivity contribution in [1.29, 1.82) is 0 Å². The molecule has 0 unspecified atom stereocenters. The third-order valence-electron chi connectivity index (χ3n) is 1.76. The van der Waals surface area contributed by atoms with Crippen molar-refractivity contribution >= 4 is 23.2 Å². The number of benzene rings is 1. The summed E-state index contributed by atoms with van der Waals surface area (Å²) in [6.07, 6.45) is 0. The third-order valence-corrected chi connectivity index (χ3v) is 2.96. The summed E-state index contributed by atoms with van der Waals surface area (Å²) in [4.78, 5) is 0. The fourth-order valence-electron chi connectivity index (χ4n) is 0.936. The van der Waals surface area contributed by atoms with Gasteiger partial charge in [0, 0.05) is 5.92 Å². The van der Waals surface area contributed by atoms with Crippen LogP contribution in [0, 0.1) is 5.92 Å². The van der Waals surface area contributed by atoms with Crippen molar-refractivity contribution in [3.05, 3.63) is 41.8 Å². The first kappa shape index (κ1) is 9.88. The van der Waals surface area contributed by atoms with Gasteiger partial charge in [0.05, 0.1) is 0 Å². The highest BCUT2D eigenvalue weighted by Crippen LogP contribution is 2.41. The van der Waals surface area contributed by atoms with Crippen molar-refractivity contribution in [2.75, 3.05) is 0 Å². The summed E-state index contributed by atoms with van der Waals surface area (Å²) in [5.41, 5.74) is 0.924. The second kappa shape index (κ2) is 3.68. The molecule has 1 aromatic carbocycles. The lowest BCUT2D eigenvalue weighted by Crippen LogP contribution is -2.15. The SMILES string of the molecule is C[C](C)C(Cl)(Cl)c1ccccc1. The Balaban J connectivity index is 2.98. The van der Waals surface area contributed by atoms with E-state index in [9.17, 15) is 0 Å². The van der Waals surface area contributed by atoms with Crippen molar-refractivity contribution in [2.45, 2.75) is 18.2 Å². The van der Waals surface area contributed by atoms with Crippen molar-refractivity contribution in [3.63, 3.8) is 0 Å². The van der Waals surface area contributed by atoms with Crippen molar-refractivity contribution < 1.29 is 0 Å². The minimum absolute atomic E-state index is 0.846. The summed E-state index contributed by atoms with van der Waals surface area (Å²) in [5.74, 6) is 0.983. The Morgan fingerprint density at radius 2 is 1.58 bits per heavy atom. The zero-order valence-electron chi connectivity index (χ0n) is 7.14. The van der Waals surface area contributed by atoms with Gasteiger partial charge in [-0.1, -0.05) is 67.4 Å². The normalized spacial score (nSPS) is 12.1. The average Bonchev–Trinajstić information content (AvgIpc) is 2.06. The Labute approximate surface area is 83.5 Å². The van der Waals surface area contributed by atoms with Crippen molar-refractivity contribution in [3.8, 4) is 0 Å². The minimum Gasteiger partial charge on any atom is -0.0957 e. The lowest BCUT2D eigenvalue weighted by molar-refractivity contribution is 0.848. The molecule has 1 rings (SSSR count). The molecule has 2 heteroatoms. The predicted molar refractivity (Wildman–Crippen MR) is 54.4 cm³/mol. The van der Waals surface area contributed by atoms with Crippen LogP contribution >= 0.6 is 23.2 Å². The standard InChI is InChI=1S/C10H11Cl2/c1-8(2)10(11,12)9-6-4-3-5-7-9/h3-7H,1-2H3. The second-order valence-electron chi connectivity index (χ2n) is 2.94. The van der Waals surface area contributed by atoms with Gasteiger partial charge in [0.1, 0.15) is 4.33 Å². The van der Waals surface area contributed by atoms with E-state index >= 15 is 0 Å². The highest BCUT2D eigenvalue weighted by atomic mass is 35.5. The Bertz CT molecular complexity index is 239. The number of hydrogen-bond acceptors (Lipinski definition) is 0. The average molecular weight is 202 g/mol. The van der Waals surface area contributed by atoms with E-state index in [1.165, 1.54) is 0 Å². The third kappa shape index (κ3) is 1.94. The fourth-order valence-corrected chi connectivity index (χ4v) is 1.19. The number of halogens is 2. The first-order chi connectivity index (χ1) is 5.55. The lowest BCUT2D eigenvalue weighted by atomic mass is 10.0. The topological polar surface area (TPSA) is 0 Å². The summed E-state index contributed by atoms with van der Waals surface area (Å²) in [6, 6.07) is 9.65. The van der Waals surface area contributed by atoms with Gasteiger partial charge in [0.15, 0.2) is 0 Å². The number of hydrogen-bond donors (Lipinski definition) is 0. The largest absolute Gasteiger partial charge is 0.148 e. The highest BCUT2D eigenvalue weighted by molar-refractivity contribution is 6.49. The van der Waals surface area contributed by atoms with E-state index in [0.717, 1.165) is 11.5 Å². The van der Waals surface area contributed by atoms with Crippen molar-refractivity contribution in [1.82, 2.24) is 0 Å². The molecule has 12 heavy (non-hydrogen) atoms. The molecule has 0 saturated carbocycles. The molecular formula is C10H11Cl2. The van der Waals surface area contributed by atoms with E-state index in [-0.39, 0.29) is 0 Å². The number of alkyl halides is 2. The maximum atomic E-state index is 6.12. The van der Waals surface area contributed by atoms with Crippen LogP contribution in [0.15, 0.2) is 30.3 Å². The molecular weight excluding hydrogens is 191 g/mol. The molecule has 0 N–H and O–H groups in total. The molecule has 0 fully saturated rings. The van der Waals surface area contributed by atoms with Crippen LogP contribution in [-0.2, 0) is 4.33 Å². The van der Waals surface area contributed by atoms with E-state index in [0.29, 0.717) is 0 Å². The Morgan fingerprint density at radius 3 is 2.00 bits per heavy atom. The highest BCUT2D eigenvalue weighted by Gasteiger charge is 2.30. The first-order valence-corrected chi connectivity index (χ1v) is 4.54. The Hall–Kier alpha value is -0.200. The van der Waals surface area contributed by atoms with E-state index in [4.69, 9.17) is 23.2 Å². The lowest BCUT2D eigenvalue weighted by Gasteiger charge is -2.23. The molecule has 0 aliphatic heterocycles. The van der Waals surface area contributed by atoms with Gasteiger partial charge >= 0.3 is 0 Å². The van der Waals surface area contributed by atoms with Crippen LogP contribution in [-0.4, -0.2) is 0 Å². The van der Waals surface area contributed by atoms with Gasteiger partial charge in [-0.05, 0) is 5.56 Å². The molecule has 0 bridgehead atoms. The predicted octanol–water partition coefficient (Wildman–Crippen LogP) is 3.93. The fraction of sp³-hybridized carbons (Fsp3) is 0.300. The molecule has 1 radical (unpaired) electrons. The van der Waals surface area contributed by atoms with Crippen LogP contribution in [0.1, 0.15) is 19.4 Å². The second-order valence-corrected chi connectivity index (χ2v) is 4.27. The van der Waals surface area contributed by atoms with Gasteiger partial charge in [-0.2, -0.15) is 0 Å². The van der Waals surface area contributed by atoms with E-state index in [2.05, 4.69) is 0 Å². The molecule has 0 aliphatic rings. The molecule has 0 spiro atoms. The quantitative estimate of drug-likeness (QED) is 0.637. The van der Waals surface area contributed by atoms with Crippen LogP contribution < -0.4 is 0 Å². The van der Waals surface area contributed by atoms with E-state index < -0.39 is 4.33 Å². The van der Waals surface area contributed by atoms with E-state index in [1.54, 1.807) is 0 Å². The van der Waals surface area contributed by atoms with Crippen molar-refractivity contribution in [2.24, 2.45) is 0 Å².